The van der Waals surface area contributed by atoms with Crippen molar-refractivity contribution in [1.82, 2.24) is 9.97 Å². The zero-order chi connectivity index (χ0) is 59.4. The molecular weight excluding hydrogens is 1150 g/mol. The maximum Gasteiger partial charge on any atom is 0.139 e. The van der Waals surface area contributed by atoms with Gasteiger partial charge in [0.25, 0.3) is 0 Å². The summed E-state index contributed by atoms with van der Waals surface area (Å²) in [7, 11) is 0. The SMILES string of the molecule is O/N=C(/C(=N/O)c1ccccc1)c1ccccc1.O/N=C(/C(=N/O)c1ccccc1)c1ccccc1.O/N=C(/C(=N/O)c1ccccc1)c1ccccc1.O/N=C(/C(=N/O)c1ccccc1)c1ccccc1.[CH2-]C.[CH2-]C.[Co].[Co].c1cnccn1. The predicted molar refractivity (Wildman–Crippen MR) is 322 cm³/mol. The molecule has 0 amide bonds. The van der Waals surface area contributed by atoms with Gasteiger partial charge in [-0.2, -0.15) is 13.8 Å². The van der Waals surface area contributed by atoms with E-state index in [1.807, 2.05) is 146 Å². The molecule has 0 bridgehead atoms. The van der Waals surface area contributed by atoms with E-state index in [4.69, 9.17) is 41.7 Å². The number of nitrogens with zero attached hydrogens (tertiary/aromatic N) is 10. The first kappa shape index (κ1) is 71.6. The second-order valence-electron chi connectivity index (χ2n) is 15.4. The first-order chi connectivity index (χ1) is 40.5. The summed E-state index contributed by atoms with van der Waals surface area (Å²) in [5.41, 5.74) is 7.23. The van der Waals surface area contributed by atoms with Gasteiger partial charge in [-0.05, 0) is 0 Å². The normalized spacial score (nSPS) is 11.4. The molecule has 0 aliphatic carbocycles. The number of hydrogen-bond donors (Lipinski definition) is 8. The molecule has 2 radical (unpaired) electrons. The van der Waals surface area contributed by atoms with Crippen LogP contribution < -0.4 is 0 Å². The van der Waals surface area contributed by atoms with Gasteiger partial charge in [0.05, 0.1) is 0 Å². The van der Waals surface area contributed by atoms with Crippen LogP contribution in [-0.4, -0.2) is 97.3 Å². The quantitative estimate of drug-likeness (QED) is 0.0248. The van der Waals surface area contributed by atoms with E-state index in [1.54, 1.807) is 136 Å². The Kier molecular flexibility index (Phi) is 37.8. The molecule has 9 rings (SSSR count). The van der Waals surface area contributed by atoms with Crippen LogP contribution >= 0.6 is 0 Å². The minimum Gasteiger partial charge on any atom is -0.410 e. The molecule has 9 aromatic rings. The van der Waals surface area contributed by atoms with Gasteiger partial charge >= 0.3 is 0 Å². The van der Waals surface area contributed by atoms with Crippen molar-refractivity contribution in [3.63, 3.8) is 0 Å². The van der Waals surface area contributed by atoms with E-state index in [1.165, 1.54) is 0 Å². The van der Waals surface area contributed by atoms with Crippen LogP contribution in [0.2, 0.25) is 0 Å². The molecule has 84 heavy (non-hydrogen) atoms. The summed E-state index contributed by atoms with van der Waals surface area (Å²) in [5.74, 6) is 0. The molecule has 0 unspecified atom stereocenters. The summed E-state index contributed by atoms with van der Waals surface area (Å²) in [6.07, 6.45) is 6.56. The van der Waals surface area contributed by atoms with E-state index in [2.05, 4.69) is 65.1 Å². The van der Waals surface area contributed by atoms with Crippen LogP contribution in [0.4, 0.5) is 0 Å². The molecule has 0 fully saturated rings. The van der Waals surface area contributed by atoms with Gasteiger partial charge in [0.1, 0.15) is 45.7 Å². The van der Waals surface area contributed by atoms with Gasteiger partial charge in [0, 0.05) is 103 Å². The standard InChI is InChI=1S/4C14H12N2O2.C4H4N2.2C2H5.2Co/c4*17-15-13(11-7-3-1-4-8-11)14(16-18)12-9-5-2-6-10-12;1-2-6-4-3-5-1;2*1-2;;/h4*1-10,17-18H;1-4H;2*1H2,2H3;;/q;;;;;2*-1;;/b4*15-13+,16-14+;;;;;. The zero-order valence-electron chi connectivity index (χ0n) is 45.5. The van der Waals surface area contributed by atoms with Gasteiger partial charge in [0.15, 0.2) is 0 Å². The van der Waals surface area contributed by atoms with Gasteiger partial charge in [-0.1, -0.05) is 284 Å². The van der Waals surface area contributed by atoms with Crippen LogP contribution in [0, 0.1) is 13.8 Å². The molecule has 0 atom stereocenters. The molecule has 1 heterocycles. The third-order valence-electron chi connectivity index (χ3n) is 10.6. The van der Waals surface area contributed by atoms with Crippen molar-refractivity contribution < 1.29 is 75.2 Å². The minimum absolute atomic E-state index is 0. The van der Waals surface area contributed by atoms with Crippen molar-refractivity contribution in [3.05, 3.63) is 326 Å². The van der Waals surface area contributed by atoms with Gasteiger partial charge in [-0.15, -0.1) is 0 Å². The van der Waals surface area contributed by atoms with Crippen molar-refractivity contribution in [2.24, 2.45) is 41.2 Å². The van der Waals surface area contributed by atoms with Crippen LogP contribution in [0.1, 0.15) is 58.4 Å². The first-order valence-corrected chi connectivity index (χ1v) is 24.8. The molecule has 0 aliphatic rings. The van der Waals surface area contributed by atoms with Crippen LogP contribution in [0.15, 0.2) is 309 Å². The Hall–Kier alpha value is -10.4. The number of benzene rings is 8. The monoisotopic (exact) mass is 1220 g/mol. The fourth-order valence-electron chi connectivity index (χ4n) is 6.96. The Balaban J connectivity index is 0.000000526. The Morgan fingerprint density at radius 3 is 0.381 bits per heavy atom. The van der Waals surface area contributed by atoms with Crippen LogP contribution in [0.25, 0.3) is 0 Å². The first-order valence-electron chi connectivity index (χ1n) is 24.8. The summed E-state index contributed by atoms with van der Waals surface area (Å²) >= 11 is 0. The second-order valence-corrected chi connectivity index (χ2v) is 15.4. The fourth-order valence-corrected chi connectivity index (χ4v) is 6.96. The van der Waals surface area contributed by atoms with Crippen molar-refractivity contribution in [2.75, 3.05) is 0 Å². The molecule has 8 N–H and O–H groups in total. The molecule has 0 saturated carbocycles. The van der Waals surface area contributed by atoms with E-state index in [9.17, 15) is 0 Å². The topological polar surface area (TPSA) is 286 Å². The van der Waals surface area contributed by atoms with Crippen molar-refractivity contribution in [2.45, 2.75) is 13.8 Å². The molecule has 0 aliphatic heterocycles. The molecule has 8 aromatic carbocycles. The molecule has 0 saturated heterocycles. The van der Waals surface area contributed by atoms with Crippen LogP contribution in [0.5, 0.6) is 0 Å². The van der Waals surface area contributed by atoms with Crippen molar-refractivity contribution in [1.29, 1.82) is 0 Å². The number of hydrogen-bond acceptors (Lipinski definition) is 18. The Bertz CT molecular complexity index is 2730. The van der Waals surface area contributed by atoms with Gasteiger partial charge in [-0.25, -0.2) is 0 Å². The zero-order valence-corrected chi connectivity index (χ0v) is 47.6. The fraction of sp³-hybridized carbons (Fsp3) is 0.0312. The Labute approximate surface area is 509 Å². The summed E-state index contributed by atoms with van der Waals surface area (Å²) in [5, 5.41) is 99.0. The number of rotatable bonds is 12. The summed E-state index contributed by atoms with van der Waals surface area (Å²) in [6, 6.07) is 72.5. The number of aromatic nitrogens is 2. The second kappa shape index (κ2) is 44.4. The molecule has 18 nitrogen and oxygen atoms in total. The molecule has 0 spiro atoms. The minimum atomic E-state index is 0. The Morgan fingerprint density at radius 1 is 0.214 bits per heavy atom. The van der Waals surface area contributed by atoms with Crippen LogP contribution in [-0.2, 0) is 33.6 Å². The Morgan fingerprint density at radius 2 is 0.310 bits per heavy atom. The van der Waals surface area contributed by atoms with Gasteiger partial charge in [-0.3, -0.25) is 9.97 Å². The van der Waals surface area contributed by atoms with E-state index in [0.717, 1.165) is 0 Å². The van der Waals surface area contributed by atoms with E-state index >= 15 is 0 Å². The van der Waals surface area contributed by atoms with E-state index in [0.29, 0.717) is 44.5 Å². The third-order valence-corrected chi connectivity index (χ3v) is 10.6. The van der Waals surface area contributed by atoms with E-state index in [-0.39, 0.29) is 79.3 Å². The number of oxime groups is 8. The third kappa shape index (κ3) is 23.4. The largest absolute Gasteiger partial charge is 0.410 e. The smallest absolute Gasteiger partial charge is 0.139 e. The average molecular weight is 1220 g/mol. The molecule has 436 valence electrons. The summed E-state index contributed by atoms with van der Waals surface area (Å²) in [6.45, 7) is 10.0. The molecular formula is C64H62Co2N10O8-2. The maximum absolute atomic E-state index is 9.14. The van der Waals surface area contributed by atoms with E-state index < -0.39 is 0 Å². The summed E-state index contributed by atoms with van der Waals surface area (Å²) in [4.78, 5) is 7.44. The summed E-state index contributed by atoms with van der Waals surface area (Å²) < 4.78 is 0. The van der Waals surface area contributed by atoms with Gasteiger partial charge in [0.2, 0.25) is 0 Å². The molecule has 1 aromatic heterocycles. The van der Waals surface area contributed by atoms with Crippen molar-refractivity contribution >= 4 is 45.7 Å². The maximum atomic E-state index is 9.14. The average Bonchev–Trinajstić information content (AvgIpc) is 3.61. The molecule has 20 heteroatoms. The van der Waals surface area contributed by atoms with Gasteiger partial charge < -0.3 is 55.5 Å². The van der Waals surface area contributed by atoms with Crippen molar-refractivity contribution in [3.8, 4) is 0 Å². The predicted octanol–water partition coefficient (Wildman–Crippen LogP) is 13.1. The van der Waals surface area contributed by atoms with Crippen LogP contribution in [0.3, 0.4) is 0 Å².